The van der Waals surface area contributed by atoms with Crippen LogP contribution in [0.4, 0.5) is 0 Å². The Morgan fingerprint density at radius 2 is 1.66 bits per heavy atom. The van der Waals surface area contributed by atoms with E-state index in [-0.39, 0.29) is 12.1 Å². The van der Waals surface area contributed by atoms with Gasteiger partial charge in [0.2, 0.25) is 0 Å². The number of hydrogen-bond acceptors (Lipinski definition) is 3. The van der Waals surface area contributed by atoms with Gasteiger partial charge in [0.15, 0.2) is 0 Å². The molecule has 0 fully saturated rings. The second-order valence-corrected chi connectivity index (χ2v) is 7.73. The van der Waals surface area contributed by atoms with Crippen LogP contribution in [0.1, 0.15) is 25.0 Å². The molecule has 142 valence electrons. The van der Waals surface area contributed by atoms with Gasteiger partial charge >= 0.3 is 5.97 Å². The van der Waals surface area contributed by atoms with Gasteiger partial charge < -0.3 is 4.74 Å². The van der Waals surface area contributed by atoms with E-state index in [1.807, 2.05) is 44.5 Å². The third kappa shape index (κ3) is 2.99. The smallest absolute Gasteiger partial charge is 0.334 e. The van der Waals surface area contributed by atoms with Crippen LogP contribution in [0.15, 0.2) is 59.1 Å². The van der Waals surface area contributed by atoms with Crippen LogP contribution >= 0.6 is 0 Å². The minimum Gasteiger partial charge on any atom is -0.460 e. The summed E-state index contributed by atoms with van der Waals surface area (Å²) in [4.78, 5) is 16.7. The average Bonchev–Trinajstić information content (AvgIpc) is 2.98. The number of aliphatic imine (C=N–C) groups is 1. The van der Waals surface area contributed by atoms with Crippen molar-refractivity contribution in [3.05, 3.63) is 75.7 Å². The number of esters is 1. The van der Waals surface area contributed by atoms with E-state index in [0.29, 0.717) is 12.0 Å². The van der Waals surface area contributed by atoms with Crippen LogP contribution in [0.25, 0.3) is 39.9 Å². The predicted molar refractivity (Wildman–Crippen MR) is 120 cm³/mol. The molecule has 3 heteroatoms. The summed E-state index contributed by atoms with van der Waals surface area (Å²) in [6.07, 6.45) is 12.2. The molecule has 29 heavy (non-hydrogen) atoms. The van der Waals surface area contributed by atoms with Gasteiger partial charge in [-0.05, 0) is 57.8 Å². The lowest BCUT2D eigenvalue weighted by atomic mass is 9.89. The number of carbonyl (C=O) groups is 1. The van der Waals surface area contributed by atoms with E-state index in [9.17, 15) is 4.79 Å². The van der Waals surface area contributed by atoms with Gasteiger partial charge in [-0.15, -0.1) is 0 Å². The first-order valence-electron chi connectivity index (χ1n) is 9.91. The first kappa shape index (κ1) is 17.6. The van der Waals surface area contributed by atoms with E-state index in [4.69, 9.17) is 4.74 Å². The van der Waals surface area contributed by atoms with E-state index in [1.54, 1.807) is 0 Å². The lowest BCUT2D eigenvalue weighted by molar-refractivity contribution is -0.142. The fourth-order valence-electron chi connectivity index (χ4n) is 4.18. The van der Waals surface area contributed by atoms with Gasteiger partial charge in [-0.3, -0.25) is 4.99 Å². The second kappa shape index (κ2) is 6.85. The van der Waals surface area contributed by atoms with E-state index in [2.05, 4.69) is 47.5 Å². The average molecular weight is 379 g/mol. The zero-order valence-corrected chi connectivity index (χ0v) is 16.5. The SMILES string of the molecule is CC(C)OC(=O)C1=CC=c2ccc3c(ccc4c5c(ccc43)=CN=CC=C5)c2C1. The Morgan fingerprint density at radius 3 is 2.48 bits per heavy atom. The van der Waals surface area contributed by atoms with Gasteiger partial charge in [-0.1, -0.05) is 54.6 Å². The number of carbonyl (C=O) groups excluding carboxylic acids is 1. The van der Waals surface area contributed by atoms with Crippen molar-refractivity contribution in [2.75, 3.05) is 0 Å². The predicted octanol–water partition coefficient (Wildman–Crippen LogP) is 4.04. The maximum absolute atomic E-state index is 12.4. The summed E-state index contributed by atoms with van der Waals surface area (Å²) in [6, 6.07) is 13.0. The molecule has 0 unspecified atom stereocenters. The van der Waals surface area contributed by atoms with E-state index >= 15 is 0 Å². The summed E-state index contributed by atoms with van der Waals surface area (Å²) >= 11 is 0. The van der Waals surface area contributed by atoms with Gasteiger partial charge in [0.1, 0.15) is 0 Å². The topological polar surface area (TPSA) is 38.7 Å². The van der Waals surface area contributed by atoms with Crippen molar-refractivity contribution < 1.29 is 9.53 Å². The van der Waals surface area contributed by atoms with Crippen molar-refractivity contribution in [3.63, 3.8) is 0 Å². The molecule has 1 aliphatic heterocycles. The van der Waals surface area contributed by atoms with Crippen LogP contribution in [0, 0.1) is 0 Å². The molecule has 0 bridgehead atoms. The van der Waals surface area contributed by atoms with E-state index < -0.39 is 0 Å². The molecule has 3 nitrogen and oxygen atoms in total. The van der Waals surface area contributed by atoms with E-state index in [1.165, 1.54) is 32.7 Å². The molecule has 0 amide bonds. The Kier molecular flexibility index (Phi) is 4.17. The molecule has 1 aliphatic carbocycles. The fraction of sp³-hybridized carbons (Fsp3) is 0.154. The molecule has 0 saturated carbocycles. The molecule has 1 heterocycles. The molecule has 0 saturated heterocycles. The Labute approximate surface area is 169 Å². The highest BCUT2D eigenvalue weighted by atomic mass is 16.5. The molecule has 3 aromatic rings. The summed E-state index contributed by atoms with van der Waals surface area (Å²) in [5.74, 6) is -0.231. The lowest BCUT2D eigenvalue weighted by Gasteiger charge is -2.16. The number of nitrogens with zero attached hydrogens (tertiary/aromatic N) is 1. The maximum atomic E-state index is 12.4. The Hall–Kier alpha value is -3.46. The van der Waals surface area contributed by atoms with Crippen LogP contribution < -0.4 is 10.4 Å². The summed E-state index contributed by atoms with van der Waals surface area (Å²) in [6.45, 7) is 3.75. The highest BCUT2D eigenvalue weighted by Gasteiger charge is 2.18. The van der Waals surface area contributed by atoms with Crippen LogP contribution in [0.2, 0.25) is 0 Å². The van der Waals surface area contributed by atoms with E-state index in [0.717, 1.165) is 10.4 Å². The molecular weight excluding hydrogens is 358 g/mol. The summed E-state index contributed by atoms with van der Waals surface area (Å²) in [7, 11) is 0. The Morgan fingerprint density at radius 1 is 0.931 bits per heavy atom. The maximum Gasteiger partial charge on any atom is 0.334 e. The van der Waals surface area contributed by atoms with Crippen LogP contribution in [0.5, 0.6) is 0 Å². The van der Waals surface area contributed by atoms with Gasteiger partial charge in [0, 0.05) is 29.6 Å². The third-order valence-corrected chi connectivity index (χ3v) is 5.51. The number of fused-ring (bicyclic) bond motifs is 7. The molecule has 5 rings (SSSR count). The minimum atomic E-state index is -0.231. The van der Waals surface area contributed by atoms with Crippen molar-refractivity contribution in [1.29, 1.82) is 0 Å². The summed E-state index contributed by atoms with van der Waals surface area (Å²) < 4.78 is 5.41. The lowest BCUT2D eigenvalue weighted by Crippen LogP contribution is -2.21. The normalized spacial score (nSPS) is 14.7. The van der Waals surface area contributed by atoms with Crippen LogP contribution in [-0.2, 0) is 16.0 Å². The van der Waals surface area contributed by atoms with Crippen molar-refractivity contribution in [2.24, 2.45) is 4.99 Å². The van der Waals surface area contributed by atoms with Crippen LogP contribution in [0.3, 0.4) is 0 Å². The van der Waals surface area contributed by atoms with Crippen molar-refractivity contribution in [1.82, 2.24) is 0 Å². The molecule has 3 aromatic carbocycles. The highest BCUT2D eigenvalue weighted by Crippen LogP contribution is 2.30. The third-order valence-electron chi connectivity index (χ3n) is 5.51. The number of allylic oxidation sites excluding steroid dienone is 2. The quantitative estimate of drug-likeness (QED) is 0.498. The molecule has 0 atom stereocenters. The van der Waals surface area contributed by atoms with Gasteiger partial charge in [0.05, 0.1) is 6.10 Å². The molecule has 0 radical (unpaired) electrons. The monoisotopic (exact) mass is 379 g/mol. The molecule has 2 aliphatic rings. The van der Waals surface area contributed by atoms with Gasteiger partial charge in [-0.25, -0.2) is 4.79 Å². The summed E-state index contributed by atoms with van der Waals surface area (Å²) in [5.41, 5.74) is 3.07. The van der Waals surface area contributed by atoms with Crippen LogP contribution in [-0.4, -0.2) is 18.3 Å². The summed E-state index contributed by atoms with van der Waals surface area (Å²) in [5, 5.41) is 7.10. The number of ether oxygens (including phenoxy) is 1. The second-order valence-electron chi connectivity index (χ2n) is 7.73. The van der Waals surface area contributed by atoms with Crippen molar-refractivity contribution in [2.45, 2.75) is 26.4 Å². The van der Waals surface area contributed by atoms with Crippen molar-refractivity contribution >= 4 is 52.1 Å². The fourth-order valence-corrected chi connectivity index (χ4v) is 4.18. The highest BCUT2D eigenvalue weighted by molar-refractivity contribution is 6.11. The largest absolute Gasteiger partial charge is 0.460 e. The number of hydrogen-bond donors (Lipinski definition) is 0. The van der Waals surface area contributed by atoms with Gasteiger partial charge in [-0.2, -0.15) is 0 Å². The van der Waals surface area contributed by atoms with Crippen molar-refractivity contribution in [3.8, 4) is 0 Å². The molecular formula is C26H21NO2. The zero-order chi connectivity index (χ0) is 20.0. The molecule has 0 N–H and O–H groups in total. The standard InChI is InChI=1S/C26H21NO2/c1-16(2)29-26(28)18-6-5-17-7-9-23-22-10-8-19-15-27-13-3-4-20(19)21(22)11-12-24(23)25(17)14-18/h3-13,15-16H,14H2,1-2H3. The first-order valence-corrected chi connectivity index (χ1v) is 9.91. The number of benzene rings is 3. The Balaban J connectivity index is 1.69. The minimum absolute atomic E-state index is 0.120. The number of rotatable bonds is 2. The first-order chi connectivity index (χ1) is 14.1. The molecule has 0 aromatic heterocycles. The zero-order valence-electron chi connectivity index (χ0n) is 16.5. The molecule has 0 spiro atoms. The van der Waals surface area contributed by atoms with Gasteiger partial charge in [0.25, 0.3) is 0 Å². The Bertz CT molecular complexity index is 1390.